The molecule has 94 valence electrons. The van der Waals surface area contributed by atoms with Crippen molar-refractivity contribution in [2.24, 2.45) is 0 Å². The molecule has 0 unspecified atom stereocenters. The monoisotopic (exact) mass is 249 g/mol. The smallest absolute Gasteiger partial charge is 0.129 e. The zero-order chi connectivity index (χ0) is 13.2. The van der Waals surface area contributed by atoms with Crippen molar-refractivity contribution in [3.8, 4) is 11.5 Å². The third kappa shape index (κ3) is 2.43. The lowest BCUT2D eigenvalue weighted by molar-refractivity contribution is 0.483. The van der Waals surface area contributed by atoms with Crippen molar-refractivity contribution in [2.45, 2.75) is 13.8 Å². The van der Waals surface area contributed by atoms with Crippen molar-refractivity contribution in [3.63, 3.8) is 0 Å². The first-order chi connectivity index (χ1) is 9.22. The van der Waals surface area contributed by atoms with Crippen LogP contribution in [-0.4, -0.2) is 4.98 Å². The first-order valence-electron chi connectivity index (χ1n) is 6.33. The van der Waals surface area contributed by atoms with Crippen LogP contribution >= 0.6 is 0 Å². The second-order valence-electron chi connectivity index (χ2n) is 4.67. The SMILES string of the molecule is Cc1cc(C)c2ccc(Oc3ccccc3)cc2n1. The van der Waals surface area contributed by atoms with E-state index in [1.807, 2.05) is 49.4 Å². The molecule has 0 bridgehead atoms. The summed E-state index contributed by atoms with van der Waals surface area (Å²) in [7, 11) is 0. The minimum atomic E-state index is 0.816. The molecule has 0 atom stereocenters. The van der Waals surface area contributed by atoms with E-state index < -0.39 is 0 Å². The first kappa shape index (κ1) is 11.7. The van der Waals surface area contributed by atoms with Crippen molar-refractivity contribution >= 4 is 10.9 Å². The molecular weight excluding hydrogens is 234 g/mol. The highest BCUT2D eigenvalue weighted by Crippen LogP contribution is 2.26. The first-order valence-corrected chi connectivity index (χ1v) is 6.33. The average molecular weight is 249 g/mol. The highest BCUT2D eigenvalue weighted by Gasteiger charge is 2.03. The fourth-order valence-corrected chi connectivity index (χ4v) is 2.24. The Bertz CT molecular complexity index is 720. The van der Waals surface area contributed by atoms with Gasteiger partial charge in [-0.15, -0.1) is 0 Å². The normalized spacial score (nSPS) is 10.6. The molecule has 1 aromatic heterocycles. The Morgan fingerprint density at radius 3 is 2.42 bits per heavy atom. The van der Waals surface area contributed by atoms with Crippen molar-refractivity contribution in [1.29, 1.82) is 0 Å². The molecule has 0 radical (unpaired) electrons. The number of fused-ring (bicyclic) bond motifs is 1. The number of hydrogen-bond acceptors (Lipinski definition) is 2. The second kappa shape index (κ2) is 4.73. The van der Waals surface area contributed by atoms with Crippen LogP contribution < -0.4 is 4.74 Å². The summed E-state index contributed by atoms with van der Waals surface area (Å²) < 4.78 is 5.83. The van der Waals surface area contributed by atoms with Gasteiger partial charge in [-0.1, -0.05) is 18.2 Å². The largest absolute Gasteiger partial charge is 0.457 e. The van der Waals surface area contributed by atoms with Crippen LogP contribution in [0.1, 0.15) is 11.3 Å². The average Bonchev–Trinajstić information content (AvgIpc) is 2.39. The summed E-state index contributed by atoms with van der Waals surface area (Å²) in [5, 5.41) is 1.17. The molecule has 3 rings (SSSR count). The summed E-state index contributed by atoms with van der Waals surface area (Å²) in [6.07, 6.45) is 0. The van der Waals surface area contributed by atoms with E-state index in [-0.39, 0.29) is 0 Å². The van der Waals surface area contributed by atoms with Crippen LogP contribution in [0.25, 0.3) is 10.9 Å². The van der Waals surface area contributed by atoms with E-state index in [0.29, 0.717) is 0 Å². The van der Waals surface area contributed by atoms with Gasteiger partial charge in [0.25, 0.3) is 0 Å². The Kier molecular flexibility index (Phi) is 2.92. The molecule has 0 aliphatic rings. The maximum atomic E-state index is 5.83. The molecule has 1 heterocycles. The molecule has 0 saturated heterocycles. The molecule has 0 amide bonds. The Morgan fingerprint density at radius 2 is 1.63 bits per heavy atom. The van der Waals surface area contributed by atoms with E-state index in [0.717, 1.165) is 22.7 Å². The Balaban J connectivity index is 2.02. The van der Waals surface area contributed by atoms with Gasteiger partial charge >= 0.3 is 0 Å². The predicted molar refractivity (Wildman–Crippen MR) is 77.7 cm³/mol. The lowest BCUT2D eigenvalue weighted by Gasteiger charge is -2.08. The lowest BCUT2D eigenvalue weighted by atomic mass is 10.1. The van der Waals surface area contributed by atoms with Crippen molar-refractivity contribution < 1.29 is 4.74 Å². The van der Waals surface area contributed by atoms with E-state index >= 15 is 0 Å². The molecule has 0 aliphatic heterocycles. The van der Waals surface area contributed by atoms with Gasteiger partial charge in [0.2, 0.25) is 0 Å². The van der Waals surface area contributed by atoms with Gasteiger partial charge in [-0.25, -0.2) is 0 Å². The summed E-state index contributed by atoms with van der Waals surface area (Å²) in [5.74, 6) is 1.66. The van der Waals surface area contributed by atoms with Crippen LogP contribution in [-0.2, 0) is 0 Å². The van der Waals surface area contributed by atoms with Gasteiger partial charge in [0.1, 0.15) is 11.5 Å². The van der Waals surface area contributed by atoms with Crippen LogP contribution in [0, 0.1) is 13.8 Å². The number of aryl methyl sites for hydroxylation is 2. The number of rotatable bonds is 2. The van der Waals surface area contributed by atoms with Gasteiger partial charge in [0.15, 0.2) is 0 Å². The van der Waals surface area contributed by atoms with Crippen LogP contribution in [0.4, 0.5) is 0 Å². The molecule has 0 N–H and O–H groups in total. The number of para-hydroxylation sites is 1. The fourth-order valence-electron chi connectivity index (χ4n) is 2.24. The molecule has 3 aromatic rings. The van der Waals surface area contributed by atoms with E-state index in [1.165, 1.54) is 10.9 Å². The maximum absolute atomic E-state index is 5.83. The Morgan fingerprint density at radius 1 is 0.842 bits per heavy atom. The molecule has 2 nitrogen and oxygen atoms in total. The Labute approximate surface area is 112 Å². The third-order valence-electron chi connectivity index (χ3n) is 3.10. The van der Waals surface area contributed by atoms with Crippen LogP contribution in [0.2, 0.25) is 0 Å². The van der Waals surface area contributed by atoms with Gasteiger partial charge in [-0.05, 0) is 49.7 Å². The zero-order valence-corrected chi connectivity index (χ0v) is 11.1. The highest BCUT2D eigenvalue weighted by atomic mass is 16.5. The number of ether oxygens (including phenoxy) is 1. The van der Waals surface area contributed by atoms with Gasteiger partial charge in [0, 0.05) is 17.1 Å². The summed E-state index contributed by atoms with van der Waals surface area (Å²) in [6.45, 7) is 4.12. The summed E-state index contributed by atoms with van der Waals surface area (Å²) >= 11 is 0. The number of pyridine rings is 1. The van der Waals surface area contributed by atoms with Gasteiger partial charge < -0.3 is 4.74 Å². The molecule has 2 heteroatoms. The fraction of sp³-hybridized carbons (Fsp3) is 0.118. The van der Waals surface area contributed by atoms with Crippen LogP contribution in [0.5, 0.6) is 11.5 Å². The molecular formula is C17H15NO. The summed E-state index contributed by atoms with van der Waals surface area (Å²) in [6, 6.07) is 17.9. The summed E-state index contributed by atoms with van der Waals surface area (Å²) in [4.78, 5) is 4.56. The third-order valence-corrected chi connectivity index (χ3v) is 3.10. The van der Waals surface area contributed by atoms with Gasteiger partial charge in [-0.2, -0.15) is 0 Å². The van der Waals surface area contributed by atoms with E-state index in [4.69, 9.17) is 4.74 Å². The second-order valence-corrected chi connectivity index (χ2v) is 4.67. The van der Waals surface area contributed by atoms with E-state index in [2.05, 4.69) is 24.0 Å². The molecule has 0 fully saturated rings. The van der Waals surface area contributed by atoms with Crippen molar-refractivity contribution in [1.82, 2.24) is 4.98 Å². The predicted octanol–water partition coefficient (Wildman–Crippen LogP) is 4.64. The van der Waals surface area contributed by atoms with Crippen LogP contribution in [0.15, 0.2) is 54.6 Å². The molecule has 19 heavy (non-hydrogen) atoms. The quantitative estimate of drug-likeness (QED) is 0.659. The number of hydrogen-bond donors (Lipinski definition) is 0. The lowest BCUT2D eigenvalue weighted by Crippen LogP contribution is -1.89. The minimum Gasteiger partial charge on any atom is -0.457 e. The van der Waals surface area contributed by atoms with Crippen molar-refractivity contribution in [2.75, 3.05) is 0 Å². The van der Waals surface area contributed by atoms with Gasteiger partial charge in [0.05, 0.1) is 5.52 Å². The molecule has 2 aromatic carbocycles. The standard InChI is InChI=1S/C17H15NO/c1-12-10-13(2)18-17-11-15(8-9-16(12)17)19-14-6-4-3-5-7-14/h3-11H,1-2H3. The van der Waals surface area contributed by atoms with E-state index in [1.54, 1.807) is 0 Å². The number of aromatic nitrogens is 1. The highest BCUT2D eigenvalue weighted by molar-refractivity contribution is 5.83. The Hall–Kier alpha value is -2.35. The van der Waals surface area contributed by atoms with Crippen molar-refractivity contribution in [3.05, 3.63) is 65.9 Å². The van der Waals surface area contributed by atoms with Gasteiger partial charge in [-0.3, -0.25) is 4.98 Å². The number of benzene rings is 2. The summed E-state index contributed by atoms with van der Waals surface area (Å²) in [5.41, 5.74) is 3.25. The topological polar surface area (TPSA) is 22.1 Å². The molecule has 0 aliphatic carbocycles. The molecule has 0 spiro atoms. The number of nitrogens with zero attached hydrogens (tertiary/aromatic N) is 1. The minimum absolute atomic E-state index is 0.816. The molecule has 0 saturated carbocycles. The maximum Gasteiger partial charge on any atom is 0.129 e. The van der Waals surface area contributed by atoms with E-state index in [9.17, 15) is 0 Å². The zero-order valence-electron chi connectivity index (χ0n) is 11.1. The van der Waals surface area contributed by atoms with Crippen LogP contribution in [0.3, 0.4) is 0 Å².